The largest absolute Gasteiger partial charge is 0.372 e. The number of morpholine rings is 1. The highest BCUT2D eigenvalue weighted by atomic mass is 32.1. The van der Waals surface area contributed by atoms with Gasteiger partial charge in [-0.25, -0.2) is 0 Å². The summed E-state index contributed by atoms with van der Waals surface area (Å²) < 4.78 is 5.73. The quantitative estimate of drug-likeness (QED) is 0.812. The fourth-order valence-electron chi connectivity index (χ4n) is 4.08. The van der Waals surface area contributed by atoms with Crippen LogP contribution in [0.5, 0.6) is 0 Å². The lowest BCUT2D eigenvalue weighted by Gasteiger charge is -2.39. The van der Waals surface area contributed by atoms with E-state index in [-0.39, 0.29) is 29.9 Å². The molecular weight excluding hydrogens is 348 g/mol. The first kappa shape index (κ1) is 19.4. The van der Waals surface area contributed by atoms with Crippen molar-refractivity contribution < 1.29 is 14.3 Å². The van der Waals surface area contributed by atoms with Crippen molar-refractivity contribution in [3.63, 3.8) is 0 Å². The summed E-state index contributed by atoms with van der Waals surface area (Å²) in [6.07, 6.45) is 2.68. The number of hydrogen-bond acceptors (Lipinski definition) is 4. The smallest absolute Gasteiger partial charge is 0.263 e. The van der Waals surface area contributed by atoms with Gasteiger partial charge in [-0.2, -0.15) is 0 Å². The standard InChI is InChI=1S/C20H30N2O3S/c1-5-17-13(2)10-18(26-17)20(24)21-8-6-16(7-9-21)19(23)22-11-14(3)25-15(4)12-22/h10,14-16H,5-9,11-12H2,1-4H3. The highest BCUT2D eigenvalue weighted by molar-refractivity contribution is 7.14. The maximum atomic E-state index is 12.8. The van der Waals surface area contributed by atoms with E-state index in [1.807, 2.05) is 29.7 Å². The van der Waals surface area contributed by atoms with Crippen LogP contribution >= 0.6 is 11.3 Å². The molecule has 0 bridgehead atoms. The van der Waals surface area contributed by atoms with Gasteiger partial charge in [0.25, 0.3) is 5.91 Å². The van der Waals surface area contributed by atoms with Crippen LogP contribution in [0.4, 0.5) is 0 Å². The van der Waals surface area contributed by atoms with Gasteiger partial charge in [-0.3, -0.25) is 9.59 Å². The normalized spacial score (nSPS) is 24.8. The molecule has 26 heavy (non-hydrogen) atoms. The van der Waals surface area contributed by atoms with Crippen molar-refractivity contribution >= 4 is 23.2 Å². The summed E-state index contributed by atoms with van der Waals surface area (Å²) in [7, 11) is 0. The third-order valence-corrected chi connectivity index (χ3v) is 6.78. The predicted octanol–water partition coefficient (Wildman–Crippen LogP) is 3.11. The number of piperidine rings is 1. The summed E-state index contributed by atoms with van der Waals surface area (Å²) in [5, 5.41) is 0. The Balaban J connectivity index is 1.56. The number of thiophene rings is 1. The molecule has 1 aromatic heterocycles. The van der Waals surface area contributed by atoms with Crippen molar-refractivity contribution in [1.29, 1.82) is 0 Å². The van der Waals surface area contributed by atoms with Gasteiger partial charge in [-0.15, -0.1) is 11.3 Å². The van der Waals surface area contributed by atoms with E-state index in [0.29, 0.717) is 26.2 Å². The minimum Gasteiger partial charge on any atom is -0.372 e. The number of carbonyl (C=O) groups excluding carboxylic acids is 2. The molecule has 2 aliphatic rings. The van der Waals surface area contributed by atoms with Crippen molar-refractivity contribution in [2.24, 2.45) is 5.92 Å². The molecule has 2 unspecified atom stereocenters. The average molecular weight is 379 g/mol. The summed E-state index contributed by atoms with van der Waals surface area (Å²) in [4.78, 5) is 31.6. The molecule has 0 spiro atoms. The van der Waals surface area contributed by atoms with Crippen LogP contribution in [0.25, 0.3) is 0 Å². The number of hydrogen-bond donors (Lipinski definition) is 0. The van der Waals surface area contributed by atoms with Crippen LogP contribution < -0.4 is 0 Å². The molecule has 0 saturated carbocycles. The topological polar surface area (TPSA) is 49.9 Å². The van der Waals surface area contributed by atoms with Crippen molar-refractivity contribution in [3.05, 3.63) is 21.4 Å². The van der Waals surface area contributed by atoms with E-state index >= 15 is 0 Å². The number of amides is 2. The highest BCUT2D eigenvalue weighted by Gasteiger charge is 2.34. The zero-order chi connectivity index (χ0) is 18.8. The van der Waals surface area contributed by atoms with E-state index in [1.165, 1.54) is 10.4 Å². The molecule has 2 aliphatic heterocycles. The Morgan fingerprint density at radius 3 is 2.31 bits per heavy atom. The highest BCUT2D eigenvalue weighted by Crippen LogP contribution is 2.27. The second-order valence-corrected chi connectivity index (χ2v) is 8.77. The molecule has 0 aliphatic carbocycles. The Labute approximate surface area is 160 Å². The zero-order valence-corrected chi connectivity index (χ0v) is 17.1. The van der Waals surface area contributed by atoms with Crippen molar-refractivity contribution in [2.75, 3.05) is 26.2 Å². The fraction of sp³-hybridized carbons (Fsp3) is 0.700. The average Bonchev–Trinajstić information content (AvgIpc) is 3.00. The van der Waals surface area contributed by atoms with E-state index in [2.05, 4.69) is 13.8 Å². The molecule has 3 heterocycles. The summed E-state index contributed by atoms with van der Waals surface area (Å²) in [5.41, 5.74) is 1.21. The van der Waals surface area contributed by atoms with Crippen molar-refractivity contribution in [2.45, 2.75) is 59.2 Å². The van der Waals surface area contributed by atoms with Gasteiger partial charge < -0.3 is 14.5 Å². The third-order valence-electron chi connectivity index (χ3n) is 5.42. The Morgan fingerprint density at radius 2 is 1.77 bits per heavy atom. The maximum Gasteiger partial charge on any atom is 0.263 e. The number of likely N-dealkylation sites (tertiary alicyclic amines) is 1. The molecule has 2 atom stereocenters. The van der Waals surface area contributed by atoms with Gasteiger partial charge in [0.2, 0.25) is 5.91 Å². The van der Waals surface area contributed by atoms with Gasteiger partial charge in [0.1, 0.15) is 0 Å². The lowest BCUT2D eigenvalue weighted by molar-refractivity contribution is -0.148. The first-order chi connectivity index (χ1) is 12.4. The molecular formula is C20H30N2O3S. The summed E-state index contributed by atoms with van der Waals surface area (Å²) in [6.45, 7) is 10.9. The third kappa shape index (κ3) is 4.12. The summed E-state index contributed by atoms with van der Waals surface area (Å²) in [6, 6.07) is 2.01. The van der Waals surface area contributed by atoms with Crippen LogP contribution in [0.15, 0.2) is 6.07 Å². The second-order valence-electron chi connectivity index (χ2n) is 7.64. The Morgan fingerprint density at radius 1 is 1.15 bits per heavy atom. The molecule has 6 heteroatoms. The summed E-state index contributed by atoms with van der Waals surface area (Å²) >= 11 is 1.61. The van der Waals surface area contributed by atoms with E-state index in [1.54, 1.807) is 11.3 Å². The lowest BCUT2D eigenvalue weighted by Crippen LogP contribution is -2.51. The fourth-order valence-corrected chi connectivity index (χ4v) is 5.16. The number of rotatable bonds is 3. The number of carbonyl (C=O) groups is 2. The van der Waals surface area contributed by atoms with E-state index in [9.17, 15) is 9.59 Å². The monoisotopic (exact) mass is 378 g/mol. The molecule has 2 saturated heterocycles. The minimum atomic E-state index is 0.0350. The van der Waals surface area contributed by atoms with Gasteiger partial charge in [0.15, 0.2) is 0 Å². The predicted molar refractivity (Wildman–Crippen MR) is 104 cm³/mol. The van der Waals surface area contributed by atoms with Crippen molar-refractivity contribution in [1.82, 2.24) is 9.80 Å². The van der Waals surface area contributed by atoms with Crippen LogP contribution in [0.3, 0.4) is 0 Å². The molecule has 1 aromatic rings. The van der Waals surface area contributed by atoms with E-state index in [0.717, 1.165) is 24.1 Å². The van der Waals surface area contributed by atoms with Crippen LogP contribution in [0.1, 0.15) is 53.7 Å². The van der Waals surface area contributed by atoms with Crippen LogP contribution in [0.2, 0.25) is 0 Å². The minimum absolute atomic E-state index is 0.0350. The van der Waals surface area contributed by atoms with Crippen molar-refractivity contribution in [3.8, 4) is 0 Å². The van der Waals surface area contributed by atoms with E-state index < -0.39 is 0 Å². The van der Waals surface area contributed by atoms with Crippen LogP contribution in [-0.4, -0.2) is 60.0 Å². The van der Waals surface area contributed by atoms with Gasteiger partial charge in [-0.05, 0) is 51.7 Å². The Hall–Kier alpha value is -1.40. The lowest BCUT2D eigenvalue weighted by atomic mass is 9.94. The first-order valence-electron chi connectivity index (χ1n) is 9.71. The second kappa shape index (κ2) is 8.09. The van der Waals surface area contributed by atoms with Crippen LogP contribution in [-0.2, 0) is 16.0 Å². The first-order valence-corrected chi connectivity index (χ1v) is 10.5. The molecule has 5 nitrogen and oxygen atoms in total. The van der Waals surface area contributed by atoms with Gasteiger partial charge in [0.05, 0.1) is 17.1 Å². The molecule has 0 radical (unpaired) electrons. The molecule has 2 amide bonds. The summed E-state index contributed by atoms with van der Waals surface area (Å²) in [5.74, 6) is 0.393. The number of ether oxygens (including phenoxy) is 1. The van der Waals surface area contributed by atoms with Gasteiger partial charge in [0, 0.05) is 37.0 Å². The van der Waals surface area contributed by atoms with Gasteiger partial charge in [-0.1, -0.05) is 6.92 Å². The Kier molecular flexibility index (Phi) is 6.03. The molecule has 0 N–H and O–H groups in total. The van der Waals surface area contributed by atoms with E-state index in [4.69, 9.17) is 4.74 Å². The number of nitrogens with zero attached hydrogens (tertiary/aromatic N) is 2. The number of aryl methyl sites for hydroxylation is 2. The maximum absolute atomic E-state index is 12.8. The SMILES string of the molecule is CCc1sc(C(=O)N2CCC(C(=O)N3CC(C)OC(C)C3)CC2)cc1C. The molecule has 144 valence electrons. The van der Waals surface area contributed by atoms with Crippen LogP contribution in [0, 0.1) is 12.8 Å². The zero-order valence-electron chi connectivity index (χ0n) is 16.3. The molecule has 2 fully saturated rings. The molecule has 0 aromatic carbocycles. The van der Waals surface area contributed by atoms with Gasteiger partial charge >= 0.3 is 0 Å². The molecule has 3 rings (SSSR count). The Bertz CT molecular complexity index is 654.